The summed E-state index contributed by atoms with van der Waals surface area (Å²) >= 11 is 0. The van der Waals surface area contributed by atoms with Gasteiger partial charge in [-0.25, -0.2) is 0 Å². The van der Waals surface area contributed by atoms with Crippen LogP contribution in [0, 0.1) is 0 Å². The predicted octanol–water partition coefficient (Wildman–Crippen LogP) is 17.2. The van der Waals surface area contributed by atoms with Gasteiger partial charge in [-0.1, -0.05) is 206 Å². The first-order chi connectivity index (χ1) is 32.2. The van der Waals surface area contributed by atoms with Crippen molar-refractivity contribution in [3.05, 3.63) is 266 Å². The molecule has 1 aromatic heterocycles. The second-order valence-electron chi connectivity index (χ2n) is 16.9. The Morgan fingerprint density at radius 3 is 1.66 bits per heavy atom. The maximum Gasteiger partial charge on any atom is 0.0547 e. The maximum absolute atomic E-state index is 2.48. The van der Waals surface area contributed by atoms with Crippen LogP contribution in [0.3, 0.4) is 0 Å². The first-order valence-corrected chi connectivity index (χ1v) is 22.5. The van der Waals surface area contributed by atoms with Crippen molar-refractivity contribution in [1.82, 2.24) is 4.57 Å². The number of fused-ring (bicyclic) bond motifs is 5. The summed E-state index contributed by atoms with van der Waals surface area (Å²) in [4.78, 5) is 2.47. The van der Waals surface area contributed by atoms with Gasteiger partial charge in [0.2, 0.25) is 0 Å². The highest BCUT2D eigenvalue weighted by Gasteiger charge is 2.22. The molecule has 0 atom stereocenters. The average molecular weight is 829 g/mol. The van der Waals surface area contributed by atoms with E-state index in [4.69, 9.17) is 0 Å². The molecular formula is C63H44N2. The first kappa shape index (κ1) is 38.2. The van der Waals surface area contributed by atoms with Crippen molar-refractivity contribution in [2.24, 2.45) is 0 Å². The van der Waals surface area contributed by atoms with Gasteiger partial charge >= 0.3 is 0 Å². The number of nitrogens with zero attached hydrogens (tertiary/aromatic N) is 2. The Morgan fingerprint density at radius 1 is 0.308 bits per heavy atom. The summed E-state index contributed by atoms with van der Waals surface area (Å²) in [6, 6.07) is 93.0. The normalized spacial score (nSPS) is 11.4. The van der Waals surface area contributed by atoms with E-state index in [9.17, 15) is 0 Å². The van der Waals surface area contributed by atoms with Crippen molar-refractivity contribution < 1.29 is 0 Å². The van der Waals surface area contributed by atoms with Gasteiger partial charge < -0.3 is 9.47 Å². The summed E-state index contributed by atoms with van der Waals surface area (Å²) in [6.45, 7) is 0. The topological polar surface area (TPSA) is 8.17 Å². The van der Waals surface area contributed by atoms with Crippen LogP contribution in [-0.2, 0) is 6.42 Å². The van der Waals surface area contributed by atoms with Crippen molar-refractivity contribution in [3.63, 3.8) is 0 Å². The van der Waals surface area contributed by atoms with Gasteiger partial charge in [0.1, 0.15) is 0 Å². The second kappa shape index (κ2) is 16.3. The zero-order valence-electron chi connectivity index (χ0n) is 35.9. The van der Waals surface area contributed by atoms with Gasteiger partial charge in [0.25, 0.3) is 0 Å². The van der Waals surface area contributed by atoms with Crippen LogP contribution >= 0.6 is 0 Å². The lowest BCUT2D eigenvalue weighted by Crippen LogP contribution is -2.14. The van der Waals surface area contributed by atoms with Gasteiger partial charge in [-0.05, 0) is 109 Å². The molecular weight excluding hydrogens is 785 g/mol. The molecule has 1 heterocycles. The molecule has 0 N–H and O–H groups in total. The van der Waals surface area contributed by atoms with Crippen LogP contribution in [0.15, 0.2) is 255 Å². The van der Waals surface area contributed by atoms with Gasteiger partial charge in [0.15, 0.2) is 0 Å². The minimum Gasteiger partial charge on any atom is -0.310 e. The van der Waals surface area contributed by atoms with Crippen molar-refractivity contribution >= 4 is 60.4 Å². The minimum atomic E-state index is 0.729. The maximum atomic E-state index is 2.48. The summed E-state index contributed by atoms with van der Waals surface area (Å²) < 4.78 is 2.48. The zero-order chi connectivity index (χ0) is 43.1. The Hall–Kier alpha value is -8.46. The third-order valence-corrected chi connectivity index (χ3v) is 13.1. The Bertz CT molecular complexity index is 3670. The molecule has 0 amide bonds. The average Bonchev–Trinajstić information content (AvgIpc) is 3.69. The molecule has 12 aromatic rings. The molecule has 0 aliphatic carbocycles. The number of hydrogen-bond acceptors (Lipinski definition) is 1. The van der Waals surface area contributed by atoms with Crippen molar-refractivity contribution in [2.45, 2.75) is 6.42 Å². The number of anilines is 3. The standard InChI is InChI=1S/C63H44N2/c1-2-17-44(18-3-1)45-33-35-48(36-34-45)56-26-10-14-31-61(56)64(53-39-37-47(38-40-53)55-28-16-24-46-19-6-9-25-54(46)55)59-29-12-7-22-51(59)41-52-23-8-13-30-60(52)65-62-32-15-11-27-57(62)58-42-49-20-4-5-21-50(49)43-63(58)65/h1-40,42-43H,41H2. The molecule has 0 spiro atoms. The third-order valence-electron chi connectivity index (χ3n) is 13.1. The molecule has 0 radical (unpaired) electrons. The number of rotatable bonds is 9. The van der Waals surface area contributed by atoms with Crippen LogP contribution in [0.25, 0.3) is 82.4 Å². The van der Waals surface area contributed by atoms with E-state index in [-0.39, 0.29) is 0 Å². The summed E-state index contributed by atoms with van der Waals surface area (Å²) in [5.74, 6) is 0. The van der Waals surface area contributed by atoms with E-state index >= 15 is 0 Å². The lowest BCUT2D eigenvalue weighted by molar-refractivity contribution is 1.09. The second-order valence-corrected chi connectivity index (χ2v) is 16.9. The van der Waals surface area contributed by atoms with Crippen LogP contribution in [0.5, 0.6) is 0 Å². The fourth-order valence-corrected chi connectivity index (χ4v) is 9.94. The molecule has 0 unspecified atom stereocenters. The van der Waals surface area contributed by atoms with Crippen molar-refractivity contribution in [1.29, 1.82) is 0 Å². The molecule has 0 aliphatic heterocycles. The molecule has 0 bridgehead atoms. The van der Waals surface area contributed by atoms with E-state index in [0.29, 0.717) is 0 Å². The van der Waals surface area contributed by atoms with Crippen LogP contribution in [0.2, 0.25) is 0 Å². The molecule has 65 heavy (non-hydrogen) atoms. The molecule has 0 aliphatic rings. The minimum absolute atomic E-state index is 0.729. The third kappa shape index (κ3) is 6.93. The molecule has 12 rings (SSSR count). The molecule has 2 nitrogen and oxygen atoms in total. The van der Waals surface area contributed by atoms with E-state index in [1.807, 2.05) is 0 Å². The molecule has 11 aromatic carbocycles. The molecule has 0 fully saturated rings. The summed E-state index contributed by atoms with van der Waals surface area (Å²) in [5.41, 5.74) is 16.6. The summed E-state index contributed by atoms with van der Waals surface area (Å²) in [5, 5.41) is 7.51. The zero-order valence-corrected chi connectivity index (χ0v) is 35.9. The van der Waals surface area contributed by atoms with Gasteiger partial charge in [0, 0.05) is 39.8 Å². The van der Waals surface area contributed by atoms with Crippen LogP contribution < -0.4 is 4.90 Å². The van der Waals surface area contributed by atoms with Gasteiger partial charge in [-0.2, -0.15) is 0 Å². The lowest BCUT2D eigenvalue weighted by atomic mass is 9.96. The molecule has 306 valence electrons. The number of para-hydroxylation sites is 4. The molecule has 0 saturated carbocycles. The monoisotopic (exact) mass is 828 g/mol. The molecule has 0 saturated heterocycles. The van der Waals surface area contributed by atoms with E-state index in [0.717, 1.165) is 29.0 Å². The fraction of sp³-hybridized carbons (Fsp3) is 0.0159. The SMILES string of the molecule is c1ccc(-c2ccc(-c3ccccc3N(c3ccc(-c4cccc5ccccc45)cc3)c3ccccc3Cc3ccccc3-n3c4ccccc4c4cc5ccccc5cc43)cc2)cc1. The Balaban J connectivity index is 1.01. The van der Waals surface area contributed by atoms with Gasteiger partial charge in [0.05, 0.1) is 16.7 Å². The quantitative estimate of drug-likeness (QED) is 0.141. The summed E-state index contributed by atoms with van der Waals surface area (Å²) in [7, 11) is 0. The smallest absolute Gasteiger partial charge is 0.0547 e. The first-order valence-electron chi connectivity index (χ1n) is 22.5. The van der Waals surface area contributed by atoms with E-state index in [2.05, 4.69) is 264 Å². The number of aromatic nitrogens is 1. The van der Waals surface area contributed by atoms with Crippen LogP contribution in [0.4, 0.5) is 17.1 Å². The Kier molecular flexibility index (Phi) is 9.61. The Labute approximate surface area is 379 Å². The predicted molar refractivity (Wildman–Crippen MR) is 276 cm³/mol. The highest BCUT2D eigenvalue weighted by molar-refractivity contribution is 6.13. The fourth-order valence-electron chi connectivity index (χ4n) is 9.94. The number of benzene rings is 11. The number of hydrogen-bond donors (Lipinski definition) is 0. The van der Waals surface area contributed by atoms with Crippen molar-refractivity contribution in [3.8, 4) is 39.1 Å². The van der Waals surface area contributed by atoms with Gasteiger partial charge in [-0.15, -0.1) is 0 Å². The van der Waals surface area contributed by atoms with E-state index < -0.39 is 0 Å². The van der Waals surface area contributed by atoms with Gasteiger partial charge in [-0.3, -0.25) is 0 Å². The molecule has 2 heteroatoms. The lowest BCUT2D eigenvalue weighted by Gasteiger charge is -2.30. The summed E-state index contributed by atoms with van der Waals surface area (Å²) in [6.07, 6.45) is 0.729. The van der Waals surface area contributed by atoms with E-state index in [1.54, 1.807) is 0 Å². The largest absolute Gasteiger partial charge is 0.310 e. The van der Waals surface area contributed by atoms with Crippen molar-refractivity contribution in [2.75, 3.05) is 4.90 Å². The van der Waals surface area contributed by atoms with Crippen LogP contribution in [-0.4, -0.2) is 4.57 Å². The van der Waals surface area contributed by atoms with Crippen LogP contribution in [0.1, 0.15) is 11.1 Å². The Morgan fingerprint density at radius 2 is 0.846 bits per heavy atom. The highest BCUT2D eigenvalue weighted by Crippen LogP contribution is 2.44. The van der Waals surface area contributed by atoms with E-state index in [1.165, 1.54) is 88.0 Å². The highest BCUT2D eigenvalue weighted by atomic mass is 15.1.